The quantitative estimate of drug-likeness (QED) is 0.650. The normalized spacial score (nSPS) is 12.0. The van der Waals surface area contributed by atoms with E-state index in [-0.39, 0.29) is 6.10 Å². The van der Waals surface area contributed by atoms with Gasteiger partial charge in [-0.1, -0.05) is 6.07 Å². The third-order valence-electron chi connectivity index (χ3n) is 4.09. The van der Waals surface area contributed by atoms with Gasteiger partial charge in [-0.15, -0.1) is 0 Å². The third-order valence-corrected chi connectivity index (χ3v) is 4.09. The van der Waals surface area contributed by atoms with Crippen LogP contribution in [-0.4, -0.2) is 41.1 Å². The first-order valence-corrected chi connectivity index (χ1v) is 8.26. The van der Waals surface area contributed by atoms with Crippen LogP contribution in [-0.2, 0) is 11.2 Å². The summed E-state index contributed by atoms with van der Waals surface area (Å²) in [6.07, 6.45) is 3.85. The number of hydrogen-bond donors (Lipinski definition) is 0. The molecule has 0 aliphatic rings. The van der Waals surface area contributed by atoms with Crippen LogP contribution in [0.2, 0.25) is 0 Å². The minimum absolute atomic E-state index is 0.193. The molecule has 7 nitrogen and oxygen atoms in total. The molecule has 0 N–H and O–H groups in total. The highest BCUT2D eigenvalue weighted by Gasteiger charge is 2.18. The van der Waals surface area contributed by atoms with Crippen molar-refractivity contribution in [3.63, 3.8) is 0 Å². The van der Waals surface area contributed by atoms with E-state index in [1.54, 1.807) is 38.4 Å². The lowest BCUT2D eigenvalue weighted by Gasteiger charge is -2.10. The fourth-order valence-corrected chi connectivity index (χ4v) is 2.65. The van der Waals surface area contributed by atoms with Crippen LogP contribution in [0.4, 0.5) is 0 Å². The van der Waals surface area contributed by atoms with Crippen molar-refractivity contribution >= 4 is 0 Å². The molecular formula is C19H22N4O3. The van der Waals surface area contributed by atoms with Gasteiger partial charge in [-0.2, -0.15) is 5.10 Å². The van der Waals surface area contributed by atoms with Crippen molar-refractivity contribution in [2.24, 2.45) is 0 Å². The molecule has 0 bridgehead atoms. The van der Waals surface area contributed by atoms with Gasteiger partial charge < -0.3 is 14.2 Å². The van der Waals surface area contributed by atoms with Gasteiger partial charge in [0.15, 0.2) is 23.1 Å². The minimum Gasteiger partial charge on any atom is -0.493 e. The Labute approximate surface area is 152 Å². The molecule has 0 saturated heterocycles. The number of ether oxygens (including phenoxy) is 3. The molecule has 3 aromatic rings. The Morgan fingerprint density at radius 3 is 2.54 bits per heavy atom. The Morgan fingerprint density at radius 2 is 1.88 bits per heavy atom. The summed E-state index contributed by atoms with van der Waals surface area (Å²) in [5.74, 6) is 2.80. The highest BCUT2D eigenvalue weighted by Crippen LogP contribution is 2.28. The maximum Gasteiger partial charge on any atom is 0.161 e. The molecule has 26 heavy (non-hydrogen) atoms. The van der Waals surface area contributed by atoms with Gasteiger partial charge in [0.25, 0.3) is 0 Å². The third kappa shape index (κ3) is 3.67. The molecule has 1 unspecified atom stereocenters. The maximum absolute atomic E-state index is 5.45. The summed E-state index contributed by atoms with van der Waals surface area (Å²) < 4.78 is 17.9. The molecule has 0 saturated carbocycles. The van der Waals surface area contributed by atoms with E-state index in [9.17, 15) is 0 Å². The number of pyridine rings is 1. The van der Waals surface area contributed by atoms with Crippen LogP contribution in [0, 0.1) is 0 Å². The Balaban J connectivity index is 1.95. The van der Waals surface area contributed by atoms with Crippen LogP contribution < -0.4 is 9.47 Å². The van der Waals surface area contributed by atoms with E-state index < -0.39 is 0 Å². The van der Waals surface area contributed by atoms with Gasteiger partial charge in [0.2, 0.25) is 0 Å². The second-order valence-electron chi connectivity index (χ2n) is 5.75. The second kappa shape index (κ2) is 7.97. The number of benzene rings is 1. The van der Waals surface area contributed by atoms with Crippen LogP contribution in [0.3, 0.4) is 0 Å². The second-order valence-corrected chi connectivity index (χ2v) is 5.75. The first-order valence-electron chi connectivity index (χ1n) is 8.26. The number of nitrogens with zero attached hydrogens (tertiary/aromatic N) is 4. The monoisotopic (exact) mass is 354 g/mol. The smallest absolute Gasteiger partial charge is 0.161 e. The molecule has 7 heteroatoms. The highest BCUT2D eigenvalue weighted by molar-refractivity contribution is 5.43. The van der Waals surface area contributed by atoms with Gasteiger partial charge in [0.1, 0.15) is 6.10 Å². The summed E-state index contributed by atoms with van der Waals surface area (Å²) in [6.45, 7) is 1.94. The number of hydrogen-bond acceptors (Lipinski definition) is 6. The first kappa shape index (κ1) is 17.9. The Morgan fingerprint density at radius 1 is 1.08 bits per heavy atom. The van der Waals surface area contributed by atoms with Crippen molar-refractivity contribution in [1.82, 2.24) is 19.7 Å². The minimum atomic E-state index is -0.193. The van der Waals surface area contributed by atoms with E-state index in [0.717, 1.165) is 17.1 Å². The van der Waals surface area contributed by atoms with Gasteiger partial charge in [-0.05, 0) is 36.8 Å². The number of methoxy groups -OCH3 is 3. The van der Waals surface area contributed by atoms with Crippen molar-refractivity contribution in [2.45, 2.75) is 19.4 Å². The lowest BCUT2D eigenvalue weighted by atomic mass is 10.1. The Bertz CT molecular complexity index is 864. The summed E-state index contributed by atoms with van der Waals surface area (Å²) in [5, 5.41) is 4.66. The fourth-order valence-electron chi connectivity index (χ4n) is 2.65. The summed E-state index contributed by atoms with van der Waals surface area (Å²) in [5.41, 5.74) is 1.88. The highest BCUT2D eigenvalue weighted by atomic mass is 16.5. The molecule has 2 aromatic heterocycles. The lowest BCUT2D eigenvalue weighted by Crippen LogP contribution is -2.08. The van der Waals surface area contributed by atoms with Gasteiger partial charge in [-0.3, -0.25) is 4.98 Å². The molecule has 1 atom stereocenters. The molecule has 2 heterocycles. The molecule has 0 aliphatic heterocycles. The molecule has 0 fully saturated rings. The summed E-state index contributed by atoms with van der Waals surface area (Å²) in [4.78, 5) is 8.84. The molecule has 3 rings (SSSR count). The zero-order valence-corrected chi connectivity index (χ0v) is 15.3. The SMILES string of the molecule is COc1ccc(Cc2nc(C(C)OC)n(-c3cccnc3)n2)cc1OC. The molecule has 0 radical (unpaired) electrons. The predicted octanol–water partition coefficient (Wildman–Crippen LogP) is 2.98. The van der Waals surface area contributed by atoms with Gasteiger partial charge >= 0.3 is 0 Å². The average Bonchev–Trinajstić information content (AvgIpc) is 3.11. The fraction of sp³-hybridized carbons (Fsp3) is 0.316. The van der Waals surface area contributed by atoms with Crippen molar-refractivity contribution in [1.29, 1.82) is 0 Å². The summed E-state index contributed by atoms with van der Waals surface area (Å²) in [6, 6.07) is 9.60. The van der Waals surface area contributed by atoms with E-state index in [1.807, 2.05) is 37.3 Å². The van der Waals surface area contributed by atoms with Crippen LogP contribution >= 0.6 is 0 Å². The Kier molecular flexibility index (Phi) is 5.48. The van der Waals surface area contributed by atoms with E-state index in [1.165, 1.54) is 0 Å². The van der Waals surface area contributed by atoms with Crippen LogP contribution in [0.1, 0.15) is 30.2 Å². The van der Waals surface area contributed by atoms with E-state index in [4.69, 9.17) is 14.2 Å². The molecule has 136 valence electrons. The standard InChI is InChI=1S/C19H22N4O3/c1-13(24-2)19-21-18(22-23(19)15-6-5-9-20-12-15)11-14-7-8-16(25-3)17(10-14)26-4/h5-10,12-13H,11H2,1-4H3. The summed E-state index contributed by atoms with van der Waals surface area (Å²) in [7, 11) is 4.89. The zero-order chi connectivity index (χ0) is 18.5. The van der Waals surface area contributed by atoms with Crippen molar-refractivity contribution in [3.05, 3.63) is 59.9 Å². The zero-order valence-electron chi connectivity index (χ0n) is 15.3. The van der Waals surface area contributed by atoms with Crippen LogP contribution in [0.5, 0.6) is 11.5 Å². The predicted molar refractivity (Wildman–Crippen MR) is 96.9 cm³/mol. The first-order chi connectivity index (χ1) is 12.7. The van der Waals surface area contributed by atoms with E-state index in [0.29, 0.717) is 23.7 Å². The molecule has 0 spiro atoms. The topological polar surface area (TPSA) is 71.3 Å². The molecule has 1 aromatic carbocycles. The Hall–Kier alpha value is -2.93. The number of rotatable bonds is 7. The lowest BCUT2D eigenvalue weighted by molar-refractivity contribution is 0.110. The van der Waals surface area contributed by atoms with E-state index in [2.05, 4.69) is 15.1 Å². The van der Waals surface area contributed by atoms with Crippen LogP contribution in [0.15, 0.2) is 42.7 Å². The number of aromatic nitrogens is 4. The molecule has 0 aliphatic carbocycles. The van der Waals surface area contributed by atoms with Crippen molar-refractivity contribution in [3.8, 4) is 17.2 Å². The largest absolute Gasteiger partial charge is 0.493 e. The van der Waals surface area contributed by atoms with Gasteiger partial charge in [0.05, 0.1) is 26.1 Å². The van der Waals surface area contributed by atoms with E-state index >= 15 is 0 Å². The molecule has 0 amide bonds. The van der Waals surface area contributed by atoms with Crippen molar-refractivity contribution < 1.29 is 14.2 Å². The van der Waals surface area contributed by atoms with Crippen molar-refractivity contribution in [2.75, 3.05) is 21.3 Å². The molecular weight excluding hydrogens is 332 g/mol. The summed E-state index contributed by atoms with van der Waals surface area (Å²) >= 11 is 0. The average molecular weight is 354 g/mol. The van der Waals surface area contributed by atoms with Gasteiger partial charge in [-0.25, -0.2) is 9.67 Å². The maximum atomic E-state index is 5.45. The van der Waals surface area contributed by atoms with Gasteiger partial charge in [0, 0.05) is 19.7 Å². The van der Waals surface area contributed by atoms with Crippen LogP contribution in [0.25, 0.3) is 5.69 Å².